The van der Waals surface area contributed by atoms with Crippen molar-refractivity contribution in [1.29, 1.82) is 0 Å². The minimum atomic E-state index is -0.0973. The zero-order chi connectivity index (χ0) is 17.6. The highest BCUT2D eigenvalue weighted by Gasteiger charge is 2.24. The van der Waals surface area contributed by atoms with Gasteiger partial charge in [-0.25, -0.2) is 0 Å². The average Bonchev–Trinajstić information content (AvgIpc) is 2.61. The van der Waals surface area contributed by atoms with E-state index in [0.29, 0.717) is 24.8 Å². The predicted octanol–water partition coefficient (Wildman–Crippen LogP) is 3.54. The molecular weight excluding hydrogens is 336 g/mol. The fourth-order valence-corrected chi connectivity index (χ4v) is 3.41. The Morgan fingerprint density at radius 1 is 1.28 bits per heavy atom. The highest BCUT2D eigenvalue weighted by atomic mass is 35.5. The van der Waals surface area contributed by atoms with Gasteiger partial charge in [-0.1, -0.05) is 32.9 Å². The van der Waals surface area contributed by atoms with Gasteiger partial charge in [-0.05, 0) is 55.5 Å². The van der Waals surface area contributed by atoms with Gasteiger partial charge in [0, 0.05) is 18.4 Å². The van der Waals surface area contributed by atoms with Crippen molar-refractivity contribution < 1.29 is 9.53 Å². The van der Waals surface area contributed by atoms with Gasteiger partial charge >= 0.3 is 0 Å². The number of rotatable bonds is 7. The molecule has 1 heterocycles. The Labute approximate surface area is 158 Å². The van der Waals surface area contributed by atoms with E-state index >= 15 is 0 Å². The topological polar surface area (TPSA) is 50.4 Å². The number of carbonyl (C=O) groups excluding carboxylic acids is 1. The zero-order valence-corrected chi connectivity index (χ0v) is 16.7. The molecule has 2 rings (SSSR count). The molecular formula is C20H33ClN2O2. The Kier molecular flexibility index (Phi) is 8.74. The Bertz CT molecular complexity index is 525. The maximum Gasteiger partial charge on any atom is 0.220 e. The van der Waals surface area contributed by atoms with Gasteiger partial charge in [0.2, 0.25) is 5.91 Å². The van der Waals surface area contributed by atoms with E-state index in [2.05, 4.69) is 43.5 Å². The summed E-state index contributed by atoms with van der Waals surface area (Å²) in [7, 11) is 1.67. The third-order valence-electron chi connectivity index (χ3n) is 5.29. The summed E-state index contributed by atoms with van der Waals surface area (Å²) in [4.78, 5) is 12.3. The molecule has 0 saturated carbocycles. The molecule has 1 fully saturated rings. The zero-order valence-electron chi connectivity index (χ0n) is 15.9. The summed E-state index contributed by atoms with van der Waals surface area (Å²) in [5.41, 5.74) is 1.11. The fraction of sp³-hybridized carbons (Fsp3) is 0.650. The van der Waals surface area contributed by atoms with E-state index in [1.54, 1.807) is 7.11 Å². The number of methoxy groups -OCH3 is 1. The molecule has 0 bridgehead atoms. The van der Waals surface area contributed by atoms with Gasteiger partial charge in [-0.2, -0.15) is 0 Å². The van der Waals surface area contributed by atoms with E-state index in [0.717, 1.165) is 18.8 Å². The van der Waals surface area contributed by atoms with Gasteiger partial charge in [-0.15, -0.1) is 12.4 Å². The van der Waals surface area contributed by atoms with Crippen LogP contribution in [0.4, 0.5) is 0 Å². The Morgan fingerprint density at radius 2 is 1.88 bits per heavy atom. The van der Waals surface area contributed by atoms with Gasteiger partial charge in [0.05, 0.1) is 7.11 Å². The second-order valence-corrected chi connectivity index (χ2v) is 7.66. The van der Waals surface area contributed by atoms with E-state index in [1.165, 1.54) is 18.4 Å². The first-order valence-electron chi connectivity index (χ1n) is 9.04. The van der Waals surface area contributed by atoms with Crippen molar-refractivity contribution in [2.24, 2.45) is 11.8 Å². The fourth-order valence-electron chi connectivity index (χ4n) is 3.41. The molecule has 4 nitrogen and oxygen atoms in total. The number of piperidine rings is 1. The number of benzene rings is 1. The molecule has 2 N–H and O–H groups in total. The Morgan fingerprint density at radius 3 is 2.44 bits per heavy atom. The third kappa shape index (κ3) is 6.52. The molecule has 1 aromatic rings. The molecule has 0 spiro atoms. The number of halogens is 1. The smallest absolute Gasteiger partial charge is 0.220 e. The summed E-state index contributed by atoms with van der Waals surface area (Å²) in [6.45, 7) is 9.35. The van der Waals surface area contributed by atoms with Crippen LogP contribution >= 0.6 is 12.4 Å². The molecule has 1 aromatic carbocycles. The number of hydrogen-bond acceptors (Lipinski definition) is 3. The molecule has 0 radical (unpaired) electrons. The van der Waals surface area contributed by atoms with Gasteiger partial charge in [0.25, 0.3) is 0 Å². The highest BCUT2D eigenvalue weighted by molar-refractivity contribution is 5.85. The maximum atomic E-state index is 12.3. The van der Waals surface area contributed by atoms with Crippen molar-refractivity contribution in [3.05, 3.63) is 29.8 Å². The van der Waals surface area contributed by atoms with Crippen molar-refractivity contribution in [3.63, 3.8) is 0 Å². The summed E-state index contributed by atoms with van der Waals surface area (Å²) in [6, 6.07) is 8.08. The van der Waals surface area contributed by atoms with Crippen LogP contribution in [0, 0.1) is 11.8 Å². The lowest BCUT2D eigenvalue weighted by Crippen LogP contribution is -2.38. The van der Waals surface area contributed by atoms with Crippen LogP contribution in [0.25, 0.3) is 0 Å². The average molecular weight is 369 g/mol. The lowest BCUT2D eigenvalue weighted by Gasteiger charge is -2.29. The quantitative estimate of drug-likeness (QED) is 0.774. The van der Waals surface area contributed by atoms with Crippen LogP contribution < -0.4 is 15.4 Å². The van der Waals surface area contributed by atoms with Gasteiger partial charge in [0.1, 0.15) is 5.75 Å². The van der Waals surface area contributed by atoms with Gasteiger partial charge < -0.3 is 15.4 Å². The van der Waals surface area contributed by atoms with Crippen LogP contribution in [-0.4, -0.2) is 32.7 Å². The number of hydrogen-bond donors (Lipinski definition) is 2. The van der Waals surface area contributed by atoms with Crippen molar-refractivity contribution in [2.45, 2.75) is 45.4 Å². The molecule has 1 saturated heterocycles. The molecule has 142 valence electrons. The Balaban J connectivity index is 0.00000312. The molecule has 1 unspecified atom stereocenters. The monoisotopic (exact) mass is 368 g/mol. The molecule has 1 amide bonds. The van der Waals surface area contributed by atoms with Crippen molar-refractivity contribution in [3.8, 4) is 5.75 Å². The van der Waals surface area contributed by atoms with Crippen LogP contribution in [0.15, 0.2) is 24.3 Å². The van der Waals surface area contributed by atoms with Crippen LogP contribution in [0.3, 0.4) is 0 Å². The summed E-state index contributed by atoms with van der Waals surface area (Å²) in [5.74, 6) is 2.15. The third-order valence-corrected chi connectivity index (χ3v) is 5.29. The molecule has 5 heteroatoms. The minimum Gasteiger partial charge on any atom is -0.497 e. The van der Waals surface area contributed by atoms with E-state index in [4.69, 9.17) is 4.74 Å². The molecule has 1 aliphatic heterocycles. The molecule has 25 heavy (non-hydrogen) atoms. The van der Waals surface area contributed by atoms with E-state index in [1.807, 2.05) is 12.1 Å². The summed E-state index contributed by atoms with van der Waals surface area (Å²) < 4.78 is 5.21. The SMILES string of the molecule is COc1ccc(C(C)(C)CNC(=O)CC(C)C2CCNCC2)cc1.Cl. The van der Waals surface area contributed by atoms with Crippen molar-refractivity contribution in [2.75, 3.05) is 26.7 Å². The first-order valence-corrected chi connectivity index (χ1v) is 9.04. The van der Waals surface area contributed by atoms with Crippen LogP contribution in [-0.2, 0) is 10.2 Å². The maximum absolute atomic E-state index is 12.3. The number of ether oxygens (including phenoxy) is 1. The first kappa shape index (κ1) is 21.8. The van der Waals surface area contributed by atoms with Crippen molar-refractivity contribution >= 4 is 18.3 Å². The van der Waals surface area contributed by atoms with E-state index < -0.39 is 0 Å². The molecule has 0 aromatic heterocycles. The number of nitrogens with one attached hydrogen (secondary N) is 2. The number of amides is 1. The summed E-state index contributed by atoms with van der Waals surface area (Å²) in [5, 5.41) is 6.52. The van der Waals surface area contributed by atoms with Crippen molar-refractivity contribution in [1.82, 2.24) is 10.6 Å². The van der Waals surface area contributed by atoms with Crippen LogP contribution in [0.2, 0.25) is 0 Å². The second kappa shape index (κ2) is 10.0. The van der Waals surface area contributed by atoms with Gasteiger partial charge in [-0.3, -0.25) is 4.79 Å². The van der Waals surface area contributed by atoms with E-state index in [9.17, 15) is 4.79 Å². The van der Waals surface area contributed by atoms with Crippen LogP contribution in [0.5, 0.6) is 5.75 Å². The van der Waals surface area contributed by atoms with Crippen LogP contribution in [0.1, 0.15) is 45.6 Å². The molecule has 1 atom stereocenters. The minimum absolute atomic E-state index is 0. The second-order valence-electron chi connectivity index (χ2n) is 7.66. The predicted molar refractivity (Wildman–Crippen MR) is 106 cm³/mol. The van der Waals surface area contributed by atoms with Gasteiger partial charge in [0.15, 0.2) is 0 Å². The standard InChI is InChI=1S/C20H32N2O2.ClH/c1-15(16-9-11-21-12-10-16)13-19(23)22-14-20(2,3)17-5-7-18(24-4)8-6-17;/h5-8,15-16,21H,9-14H2,1-4H3,(H,22,23);1H. The largest absolute Gasteiger partial charge is 0.497 e. The molecule has 0 aliphatic carbocycles. The first-order chi connectivity index (χ1) is 11.4. The summed E-state index contributed by atoms with van der Waals surface area (Å²) in [6.07, 6.45) is 3.00. The van der Waals surface area contributed by atoms with E-state index in [-0.39, 0.29) is 23.7 Å². The highest BCUT2D eigenvalue weighted by Crippen LogP contribution is 2.26. The summed E-state index contributed by atoms with van der Waals surface area (Å²) >= 11 is 0. The number of carbonyl (C=O) groups is 1. The Hall–Kier alpha value is -1.26. The molecule has 1 aliphatic rings. The normalized spacial score (nSPS) is 16.6. The lowest BCUT2D eigenvalue weighted by atomic mass is 9.83. The lowest BCUT2D eigenvalue weighted by molar-refractivity contribution is -0.122.